The molecule has 7 rings (SSSR count). The molecular formula is C29H32FN5O2. The summed E-state index contributed by atoms with van der Waals surface area (Å²) in [5, 5.41) is 8.13. The standard InChI is InChI=1S/C29H32FN5O2/c1-33-20-7-9-26(33)27(12-20)34-13-18-15-35(16-19(18)14-34)29(37)23-10-17(6-8-24(23)30)11-25-21-4-2-3-5-22(21)28(36)32-31-25/h2-6,8,10,18-20,26-27H,7,9,11-16H2,1H3,(H,32,36). The van der Waals surface area contributed by atoms with Crippen LogP contribution in [0, 0.1) is 17.7 Å². The Morgan fingerprint density at radius 1 is 1.03 bits per heavy atom. The molecule has 2 bridgehead atoms. The number of benzene rings is 2. The van der Waals surface area contributed by atoms with E-state index in [1.165, 1.54) is 25.3 Å². The van der Waals surface area contributed by atoms with Crippen LogP contribution in [0.3, 0.4) is 0 Å². The van der Waals surface area contributed by atoms with Crippen molar-refractivity contribution >= 4 is 16.7 Å². The van der Waals surface area contributed by atoms with E-state index in [0.29, 0.717) is 54.5 Å². The third-order valence-corrected chi connectivity index (χ3v) is 9.53. The first-order chi connectivity index (χ1) is 18.0. The van der Waals surface area contributed by atoms with Crippen LogP contribution in [0.1, 0.15) is 40.9 Å². The van der Waals surface area contributed by atoms with Crippen molar-refractivity contribution in [1.29, 1.82) is 0 Å². The van der Waals surface area contributed by atoms with Crippen LogP contribution in [0.4, 0.5) is 4.39 Å². The average molecular weight is 502 g/mol. The number of likely N-dealkylation sites (N-methyl/N-ethyl adjacent to an activating group) is 1. The fourth-order valence-electron chi connectivity index (χ4n) is 7.60. The second-order valence-corrected chi connectivity index (χ2v) is 11.5. The van der Waals surface area contributed by atoms with Gasteiger partial charge < -0.3 is 4.90 Å². The van der Waals surface area contributed by atoms with Gasteiger partial charge in [-0.05, 0) is 61.9 Å². The molecule has 8 heteroatoms. The zero-order chi connectivity index (χ0) is 25.3. The minimum absolute atomic E-state index is 0.123. The van der Waals surface area contributed by atoms with E-state index in [1.54, 1.807) is 18.2 Å². The molecule has 1 N–H and O–H groups in total. The van der Waals surface area contributed by atoms with Crippen LogP contribution < -0.4 is 5.56 Å². The van der Waals surface area contributed by atoms with Crippen molar-refractivity contribution in [2.45, 2.75) is 43.8 Å². The van der Waals surface area contributed by atoms with Crippen LogP contribution in [0.2, 0.25) is 0 Å². The summed E-state index contributed by atoms with van der Waals surface area (Å²) in [6, 6.07) is 14.1. The highest BCUT2D eigenvalue weighted by Crippen LogP contribution is 2.42. The number of fused-ring (bicyclic) bond motifs is 4. The van der Waals surface area contributed by atoms with Gasteiger partial charge in [0.15, 0.2) is 0 Å². The van der Waals surface area contributed by atoms with Gasteiger partial charge in [0.1, 0.15) is 5.82 Å². The molecule has 4 aliphatic rings. The van der Waals surface area contributed by atoms with Crippen molar-refractivity contribution in [2.24, 2.45) is 11.8 Å². The highest BCUT2D eigenvalue weighted by atomic mass is 19.1. The second kappa shape index (κ2) is 8.74. The highest BCUT2D eigenvalue weighted by molar-refractivity contribution is 5.95. The second-order valence-electron chi connectivity index (χ2n) is 11.5. The zero-order valence-corrected chi connectivity index (χ0v) is 21.1. The van der Waals surface area contributed by atoms with Gasteiger partial charge in [0.2, 0.25) is 0 Å². The van der Waals surface area contributed by atoms with Gasteiger partial charge in [0.05, 0.1) is 16.6 Å². The number of hydrogen-bond acceptors (Lipinski definition) is 5. The lowest BCUT2D eigenvalue weighted by atomic mass is 9.94. The van der Waals surface area contributed by atoms with Crippen molar-refractivity contribution in [2.75, 3.05) is 33.2 Å². The van der Waals surface area contributed by atoms with E-state index in [1.807, 2.05) is 23.1 Å². The van der Waals surface area contributed by atoms with Gasteiger partial charge in [0, 0.05) is 56.1 Å². The molecule has 0 spiro atoms. The summed E-state index contributed by atoms with van der Waals surface area (Å²) in [6.45, 7) is 3.49. The Kier molecular flexibility index (Phi) is 5.44. The van der Waals surface area contributed by atoms with E-state index in [4.69, 9.17) is 0 Å². The summed E-state index contributed by atoms with van der Waals surface area (Å²) < 4.78 is 14.9. The molecule has 5 unspecified atom stereocenters. The van der Waals surface area contributed by atoms with E-state index < -0.39 is 5.82 Å². The third-order valence-electron chi connectivity index (χ3n) is 9.53. The topological polar surface area (TPSA) is 72.5 Å². The number of carbonyl (C=O) groups is 1. The van der Waals surface area contributed by atoms with E-state index in [-0.39, 0.29) is 17.0 Å². The summed E-state index contributed by atoms with van der Waals surface area (Å²) in [4.78, 5) is 32.7. The molecule has 2 aromatic carbocycles. The fourth-order valence-corrected chi connectivity index (χ4v) is 7.60. The van der Waals surface area contributed by atoms with Gasteiger partial charge in [-0.25, -0.2) is 9.49 Å². The number of halogens is 1. The van der Waals surface area contributed by atoms with Crippen molar-refractivity contribution in [3.8, 4) is 0 Å². The first-order valence-corrected chi connectivity index (χ1v) is 13.5. The van der Waals surface area contributed by atoms with E-state index in [9.17, 15) is 14.0 Å². The summed E-state index contributed by atoms with van der Waals surface area (Å²) >= 11 is 0. The first kappa shape index (κ1) is 23.0. The molecule has 192 valence electrons. The molecule has 1 amide bonds. The van der Waals surface area contributed by atoms with Crippen molar-refractivity contribution in [3.63, 3.8) is 0 Å². The highest BCUT2D eigenvalue weighted by Gasteiger charge is 2.51. The maximum atomic E-state index is 14.9. The molecule has 4 fully saturated rings. The average Bonchev–Trinajstić information content (AvgIpc) is 3.66. The number of likely N-dealkylation sites (tertiary alicyclic amines) is 2. The monoisotopic (exact) mass is 501 g/mol. The predicted molar refractivity (Wildman–Crippen MR) is 139 cm³/mol. The minimum Gasteiger partial charge on any atom is -0.338 e. The van der Waals surface area contributed by atoms with Crippen LogP contribution in [0.15, 0.2) is 47.3 Å². The number of H-pyrrole nitrogens is 1. The van der Waals surface area contributed by atoms with Crippen molar-refractivity contribution < 1.29 is 9.18 Å². The molecule has 0 radical (unpaired) electrons. The van der Waals surface area contributed by atoms with Crippen LogP contribution in [-0.4, -0.2) is 82.2 Å². The molecule has 3 aromatic rings. The van der Waals surface area contributed by atoms with Crippen LogP contribution in [0.25, 0.3) is 10.8 Å². The molecule has 7 nitrogen and oxygen atoms in total. The summed E-state index contributed by atoms with van der Waals surface area (Å²) in [5.74, 6) is 0.226. The lowest BCUT2D eigenvalue weighted by Gasteiger charge is -2.32. The quantitative estimate of drug-likeness (QED) is 0.595. The lowest BCUT2D eigenvalue weighted by molar-refractivity contribution is 0.0760. The molecule has 4 saturated heterocycles. The number of aromatic nitrogens is 2. The number of nitrogens with zero attached hydrogens (tertiary/aromatic N) is 4. The Bertz CT molecular complexity index is 1430. The van der Waals surface area contributed by atoms with Gasteiger partial charge >= 0.3 is 0 Å². The molecule has 1 aromatic heterocycles. The molecular weight excluding hydrogens is 469 g/mol. The minimum atomic E-state index is -0.489. The van der Waals surface area contributed by atoms with Crippen LogP contribution in [-0.2, 0) is 6.42 Å². The normalized spacial score (nSPS) is 29.5. The third kappa shape index (κ3) is 3.80. The smallest absolute Gasteiger partial charge is 0.272 e. The number of amides is 1. The van der Waals surface area contributed by atoms with Crippen LogP contribution in [0.5, 0.6) is 0 Å². The Balaban J connectivity index is 1.06. The largest absolute Gasteiger partial charge is 0.338 e. The lowest BCUT2D eigenvalue weighted by Crippen LogP contribution is -2.44. The molecule has 5 atom stereocenters. The Labute approximate surface area is 215 Å². The molecule has 4 aliphatic heterocycles. The number of nitrogens with one attached hydrogen (secondary N) is 1. The SMILES string of the molecule is CN1C2CCC1C(N1CC3CN(C(=O)c4cc(Cc5n[nH]c(=O)c6ccccc56)ccc4F)CC3C1)C2. The van der Waals surface area contributed by atoms with E-state index in [0.717, 1.165) is 30.1 Å². The van der Waals surface area contributed by atoms with Gasteiger partial charge in [-0.3, -0.25) is 19.4 Å². The van der Waals surface area contributed by atoms with Gasteiger partial charge in [-0.15, -0.1) is 0 Å². The van der Waals surface area contributed by atoms with E-state index in [2.05, 4.69) is 27.0 Å². The van der Waals surface area contributed by atoms with Crippen LogP contribution >= 0.6 is 0 Å². The fraction of sp³-hybridized carbons (Fsp3) is 0.483. The summed E-state index contributed by atoms with van der Waals surface area (Å²) in [6.07, 6.45) is 4.32. The summed E-state index contributed by atoms with van der Waals surface area (Å²) in [7, 11) is 2.28. The summed E-state index contributed by atoms with van der Waals surface area (Å²) in [5.41, 5.74) is 1.38. The molecule has 0 saturated carbocycles. The van der Waals surface area contributed by atoms with Gasteiger partial charge in [-0.2, -0.15) is 5.10 Å². The zero-order valence-electron chi connectivity index (χ0n) is 21.1. The molecule has 5 heterocycles. The Morgan fingerprint density at radius 3 is 2.49 bits per heavy atom. The number of hydrogen-bond donors (Lipinski definition) is 1. The molecule has 37 heavy (non-hydrogen) atoms. The number of carbonyl (C=O) groups excluding carboxylic acids is 1. The maximum Gasteiger partial charge on any atom is 0.272 e. The number of rotatable bonds is 4. The Morgan fingerprint density at radius 2 is 1.78 bits per heavy atom. The predicted octanol–water partition coefficient (Wildman–Crippen LogP) is 2.89. The Hall–Kier alpha value is -3.10. The van der Waals surface area contributed by atoms with Gasteiger partial charge in [-0.1, -0.05) is 24.3 Å². The van der Waals surface area contributed by atoms with Crippen molar-refractivity contribution in [3.05, 3.63) is 75.5 Å². The number of aromatic amines is 1. The van der Waals surface area contributed by atoms with Gasteiger partial charge in [0.25, 0.3) is 11.5 Å². The maximum absolute atomic E-state index is 14.9. The van der Waals surface area contributed by atoms with E-state index >= 15 is 0 Å². The first-order valence-electron chi connectivity index (χ1n) is 13.5. The molecule has 0 aliphatic carbocycles. The van der Waals surface area contributed by atoms with Crippen molar-refractivity contribution in [1.82, 2.24) is 24.9 Å².